The Balaban J connectivity index is 1.32. The van der Waals surface area contributed by atoms with Crippen molar-refractivity contribution in [1.29, 1.82) is 0 Å². The largest absolute Gasteiger partial charge is 0.488 e. The second-order valence-electron chi connectivity index (χ2n) is 11.3. The summed E-state index contributed by atoms with van der Waals surface area (Å²) < 4.78 is 23.8. The number of ether oxygens (including phenoxy) is 1. The molecule has 220 valence electrons. The normalized spacial score (nSPS) is 15.8. The lowest BCUT2D eigenvalue weighted by Gasteiger charge is -2.30. The second-order valence-corrected chi connectivity index (χ2v) is 13.2. The molecule has 1 aliphatic heterocycles. The Hall–Kier alpha value is -4.59. The smallest absolute Gasteiger partial charge is 0.271 e. The molecule has 0 saturated carbocycles. The van der Waals surface area contributed by atoms with Crippen molar-refractivity contribution < 1.29 is 9.13 Å². The summed E-state index contributed by atoms with van der Waals surface area (Å²) in [5, 5.41) is 2.06. The quantitative estimate of drug-likeness (QED) is 0.187. The molecular weight excluding hydrogens is 647 g/mol. The first-order valence-electron chi connectivity index (χ1n) is 14.8. The molecule has 0 radical (unpaired) electrons. The standard InChI is InChI=1S/C38H26BrFN2O2S/c39-27-15-9-23(10-16-27)22-44-33-20-14-24-5-1-3-7-29(24)32(33)21-34-37(43)42-36(26-11-17-28(40)18-12-26)31-19-13-25-6-2-4-8-30(25)35(31)41-38(42)45-34/h1-12,14-18,20-21,36H,13,19,22H2. The lowest BCUT2D eigenvalue weighted by molar-refractivity contribution is 0.306. The van der Waals surface area contributed by atoms with Gasteiger partial charge in [-0.1, -0.05) is 106 Å². The number of fused-ring (bicyclic) bond motifs is 4. The maximum atomic E-state index is 14.4. The summed E-state index contributed by atoms with van der Waals surface area (Å²) in [4.78, 5) is 20.1. The molecule has 2 aliphatic rings. The molecule has 45 heavy (non-hydrogen) atoms. The molecule has 4 nitrogen and oxygen atoms in total. The van der Waals surface area contributed by atoms with E-state index in [0.717, 1.165) is 61.6 Å². The average Bonchev–Trinajstić information content (AvgIpc) is 3.38. The Bertz CT molecular complexity index is 2320. The van der Waals surface area contributed by atoms with E-state index < -0.39 is 0 Å². The Labute approximate surface area is 271 Å². The van der Waals surface area contributed by atoms with Crippen LogP contribution in [0.25, 0.3) is 22.5 Å². The summed E-state index contributed by atoms with van der Waals surface area (Å²) in [5.74, 6) is 0.395. The lowest BCUT2D eigenvalue weighted by atomic mass is 9.83. The van der Waals surface area contributed by atoms with E-state index in [-0.39, 0.29) is 17.4 Å². The minimum absolute atomic E-state index is 0.120. The van der Waals surface area contributed by atoms with Gasteiger partial charge < -0.3 is 4.74 Å². The molecule has 1 atom stereocenters. The van der Waals surface area contributed by atoms with Crippen LogP contribution in [0.3, 0.4) is 0 Å². The number of nitrogens with zero attached hydrogens (tertiary/aromatic N) is 2. The van der Waals surface area contributed by atoms with Crippen molar-refractivity contribution in [2.24, 2.45) is 4.99 Å². The first-order chi connectivity index (χ1) is 22.0. The predicted molar refractivity (Wildman–Crippen MR) is 182 cm³/mol. The summed E-state index contributed by atoms with van der Waals surface area (Å²) in [6.07, 6.45) is 3.59. The highest BCUT2D eigenvalue weighted by molar-refractivity contribution is 9.10. The van der Waals surface area contributed by atoms with E-state index in [1.54, 1.807) is 16.7 Å². The van der Waals surface area contributed by atoms with Crippen LogP contribution >= 0.6 is 27.3 Å². The van der Waals surface area contributed by atoms with Crippen molar-refractivity contribution in [2.45, 2.75) is 25.5 Å². The highest BCUT2D eigenvalue weighted by Gasteiger charge is 2.32. The molecule has 5 aromatic carbocycles. The van der Waals surface area contributed by atoms with Gasteiger partial charge in [0.2, 0.25) is 0 Å². The zero-order valence-corrected chi connectivity index (χ0v) is 26.4. The zero-order chi connectivity index (χ0) is 30.5. The topological polar surface area (TPSA) is 43.6 Å². The Kier molecular flexibility index (Phi) is 7.07. The van der Waals surface area contributed by atoms with E-state index in [1.165, 1.54) is 29.0 Å². The van der Waals surface area contributed by atoms with Gasteiger partial charge in [0, 0.05) is 15.6 Å². The van der Waals surface area contributed by atoms with Gasteiger partial charge in [-0.25, -0.2) is 9.38 Å². The first kappa shape index (κ1) is 27.9. The zero-order valence-electron chi connectivity index (χ0n) is 24.0. The third-order valence-electron chi connectivity index (χ3n) is 8.57. The third-order valence-corrected chi connectivity index (χ3v) is 10.1. The highest BCUT2D eigenvalue weighted by atomic mass is 79.9. The van der Waals surface area contributed by atoms with Crippen LogP contribution < -0.4 is 19.6 Å². The van der Waals surface area contributed by atoms with Gasteiger partial charge in [0.05, 0.1) is 16.3 Å². The molecule has 0 N–H and O–H groups in total. The van der Waals surface area contributed by atoms with E-state index in [0.29, 0.717) is 21.7 Å². The summed E-state index contributed by atoms with van der Waals surface area (Å²) in [6, 6.07) is 34.7. The summed E-state index contributed by atoms with van der Waals surface area (Å²) in [6.45, 7) is 0.393. The van der Waals surface area contributed by atoms with Crippen LogP contribution in [0.15, 0.2) is 129 Å². The minimum Gasteiger partial charge on any atom is -0.488 e. The molecule has 0 spiro atoms. The van der Waals surface area contributed by atoms with Crippen LogP contribution in [-0.2, 0) is 13.0 Å². The number of halogens is 2. The molecule has 2 heterocycles. The summed E-state index contributed by atoms with van der Waals surface area (Å²) in [7, 11) is 0. The third kappa shape index (κ3) is 5.06. The van der Waals surface area contributed by atoms with Gasteiger partial charge >= 0.3 is 0 Å². The molecule has 1 unspecified atom stereocenters. The van der Waals surface area contributed by atoms with Gasteiger partial charge in [-0.05, 0) is 82.3 Å². The molecule has 0 saturated heterocycles. The average molecular weight is 674 g/mol. The van der Waals surface area contributed by atoms with Crippen molar-refractivity contribution in [3.05, 3.63) is 173 Å². The molecule has 8 rings (SSSR count). The van der Waals surface area contributed by atoms with Crippen LogP contribution in [-0.4, -0.2) is 4.57 Å². The van der Waals surface area contributed by atoms with Crippen LogP contribution in [0.5, 0.6) is 5.75 Å². The van der Waals surface area contributed by atoms with Crippen LogP contribution in [0.4, 0.5) is 4.39 Å². The second kappa shape index (κ2) is 11.4. The SMILES string of the molecule is O=c1c(=Cc2c(OCc3ccc(Br)cc3)ccc3ccccc23)sc2n1C(c1ccc(F)cc1)C1=C(N=2)c2ccccc2CC1. The van der Waals surface area contributed by atoms with Gasteiger partial charge in [0.25, 0.3) is 5.56 Å². The fourth-order valence-electron chi connectivity index (χ4n) is 6.39. The van der Waals surface area contributed by atoms with Crippen LogP contribution in [0.2, 0.25) is 0 Å². The van der Waals surface area contributed by atoms with Crippen LogP contribution in [0.1, 0.15) is 40.3 Å². The number of allylic oxidation sites excluding steroid dienone is 1. The number of benzene rings is 5. The number of hydrogen-bond donors (Lipinski definition) is 0. The Morgan fingerprint density at radius 1 is 0.911 bits per heavy atom. The Morgan fingerprint density at radius 3 is 2.53 bits per heavy atom. The number of hydrogen-bond acceptors (Lipinski definition) is 4. The van der Waals surface area contributed by atoms with E-state index in [1.807, 2.05) is 60.7 Å². The monoisotopic (exact) mass is 672 g/mol. The van der Waals surface area contributed by atoms with E-state index in [4.69, 9.17) is 9.73 Å². The van der Waals surface area contributed by atoms with Crippen molar-refractivity contribution in [1.82, 2.24) is 4.57 Å². The molecule has 6 aromatic rings. The molecule has 0 amide bonds. The lowest BCUT2D eigenvalue weighted by Crippen LogP contribution is -2.38. The number of aryl methyl sites for hydroxylation is 1. The van der Waals surface area contributed by atoms with Gasteiger partial charge in [0.1, 0.15) is 18.2 Å². The highest BCUT2D eigenvalue weighted by Crippen LogP contribution is 2.41. The maximum absolute atomic E-state index is 14.4. The fourth-order valence-corrected chi connectivity index (χ4v) is 7.64. The van der Waals surface area contributed by atoms with Crippen molar-refractivity contribution in [3.63, 3.8) is 0 Å². The Morgan fingerprint density at radius 2 is 1.69 bits per heavy atom. The van der Waals surface area contributed by atoms with Gasteiger partial charge in [-0.2, -0.15) is 0 Å². The molecule has 1 aliphatic carbocycles. The van der Waals surface area contributed by atoms with Crippen molar-refractivity contribution in [3.8, 4) is 5.75 Å². The molecule has 1 aromatic heterocycles. The fraction of sp³-hybridized carbons (Fsp3) is 0.105. The van der Waals surface area contributed by atoms with E-state index in [2.05, 4.69) is 46.3 Å². The molecule has 7 heteroatoms. The van der Waals surface area contributed by atoms with E-state index >= 15 is 0 Å². The van der Waals surface area contributed by atoms with Gasteiger partial charge in [0.15, 0.2) is 4.80 Å². The van der Waals surface area contributed by atoms with Gasteiger partial charge in [-0.15, -0.1) is 0 Å². The number of aromatic nitrogens is 1. The minimum atomic E-state index is -0.368. The number of thiazole rings is 1. The maximum Gasteiger partial charge on any atom is 0.271 e. The van der Waals surface area contributed by atoms with Crippen molar-refractivity contribution >= 4 is 49.8 Å². The molecule has 0 bridgehead atoms. The van der Waals surface area contributed by atoms with Gasteiger partial charge in [-0.3, -0.25) is 9.36 Å². The molecular formula is C38H26BrFN2O2S. The first-order valence-corrected chi connectivity index (χ1v) is 16.4. The predicted octanol–water partition coefficient (Wildman–Crippen LogP) is 7.95. The van der Waals surface area contributed by atoms with Crippen LogP contribution in [0, 0.1) is 5.82 Å². The summed E-state index contributed by atoms with van der Waals surface area (Å²) in [5.41, 5.74) is 7.00. The van der Waals surface area contributed by atoms with Crippen molar-refractivity contribution in [2.75, 3.05) is 0 Å². The number of rotatable bonds is 5. The molecule has 0 fully saturated rings. The van der Waals surface area contributed by atoms with E-state index in [9.17, 15) is 9.18 Å². The summed E-state index contributed by atoms with van der Waals surface area (Å²) >= 11 is 4.88.